The smallest absolute Gasteiger partial charge is 0.420 e. The number of ether oxygens (including phenoxy) is 2. The second-order valence-electron chi connectivity index (χ2n) is 4.18. The monoisotopic (exact) mass is 289 g/mol. The number of hydrogen-bond acceptors (Lipinski definition) is 5. The molecular formula is C15H15NO5. The van der Waals surface area contributed by atoms with Crippen molar-refractivity contribution in [3.63, 3.8) is 0 Å². The van der Waals surface area contributed by atoms with Gasteiger partial charge in [0.1, 0.15) is 0 Å². The van der Waals surface area contributed by atoms with E-state index in [4.69, 9.17) is 9.47 Å². The Bertz CT molecular complexity index is 747. The topological polar surface area (TPSA) is 74.6 Å². The molecule has 0 amide bonds. The molecule has 0 fully saturated rings. The van der Waals surface area contributed by atoms with E-state index in [1.807, 2.05) is 0 Å². The summed E-state index contributed by atoms with van der Waals surface area (Å²) in [6.07, 6.45) is 0.553. The lowest BCUT2D eigenvalue weighted by molar-refractivity contribution is 0.0528. The van der Waals surface area contributed by atoms with E-state index in [-0.39, 0.29) is 18.6 Å². The molecule has 0 atom stereocenters. The van der Waals surface area contributed by atoms with Crippen molar-refractivity contribution in [2.75, 3.05) is 13.2 Å². The summed E-state index contributed by atoms with van der Waals surface area (Å²) >= 11 is 0. The van der Waals surface area contributed by atoms with Gasteiger partial charge in [0.2, 0.25) is 0 Å². The third-order valence-electron chi connectivity index (χ3n) is 2.91. The van der Waals surface area contributed by atoms with Gasteiger partial charge < -0.3 is 9.47 Å². The van der Waals surface area contributed by atoms with Crippen molar-refractivity contribution in [1.29, 1.82) is 0 Å². The zero-order valence-electron chi connectivity index (χ0n) is 11.8. The SMILES string of the molecule is CCOC(=O)c1cccc2c(=O)n(C(=O)OCC)ccc12. The first-order valence-electron chi connectivity index (χ1n) is 6.58. The normalized spacial score (nSPS) is 10.4. The molecule has 6 heteroatoms. The van der Waals surface area contributed by atoms with Gasteiger partial charge in [-0.1, -0.05) is 6.07 Å². The van der Waals surface area contributed by atoms with E-state index in [0.29, 0.717) is 10.9 Å². The highest BCUT2D eigenvalue weighted by atomic mass is 16.5. The van der Waals surface area contributed by atoms with Gasteiger partial charge in [0.15, 0.2) is 0 Å². The molecule has 1 heterocycles. The standard InChI is InChI=1S/C15H15NO5/c1-3-20-14(18)12-7-5-6-11-10(12)8-9-16(13(11)17)15(19)21-4-2/h5-9H,3-4H2,1-2H3. The van der Waals surface area contributed by atoms with E-state index >= 15 is 0 Å². The Morgan fingerprint density at radius 2 is 1.76 bits per heavy atom. The second-order valence-corrected chi connectivity index (χ2v) is 4.18. The first kappa shape index (κ1) is 14.8. The number of aromatic nitrogens is 1. The summed E-state index contributed by atoms with van der Waals surface area (Å²) in [4.78, 5) is 35.8. The van der Waals surface area contributed by atoms with Gasteiger partial charge in [-0.25, -0.2) is 14.2 Å². The molecule has 0 aliphatic carbocycles. The van der Waals surface area contributed by atoms with Gasteiger partial charge in [-0.2, -0.15) is 0 Å². The number of benzene rings is 1. The lowest BCUT2D eigenvalue weighted by Gasteiger charge is -2.08. The minimum Gasteiger partial charge on any atom is -0.462 e. The number of pyridine rings is 1. The fraction of sp³-hybridized carbons (Fsp3) is 0.267. The minimum atomic E-state index is -0.745. The lowest BCUT2D eigenvalue weighted by Crippen LogP contribution is -2.27. The van der Waals surface area contributed by atoms with Crippen LogP contribution in [0.5, 0.6) is 0 Å². The van der Waals surface area contributed by atoms with Gasteiger partial charge in [0.25, 0.3) is 5.56 Å². The summed E-state index contributed by atoms with van der Waals surface area (Å²) in [5.74, 6) is -0.503. The summed E-state index contributed by atoms with van der Waals surface area (Å²) < 4.78 is 10.6. The van der Waals surface area contributed by atoms with E-state index in [0.717, 1.165) is 4.57 Å². The van der Waals surface area contributed by atoms with Crippen LogP contribution in [0.15, 0.2) is 35.3 Å². The van der Waals surface area contributed by atoms with Crippen LogP contribution < -0.4 is 5.56 Å². The van der Waals surface area contributed by atoms with Crippen molar-refractivity contribution in [2.45, 2.75) is 13.8 Å². The first-order chi connectivity index (χ1) is 10.1. The Balaban J connectivity index is 2.60. The fourth-order valence-corrected chi connectivity index (χ4v) is 2.00. The molecule has 1 aromatic heterocycles. The van der Waals surface area contributed by atoms with Crippen LogP contribution in [0.2, 0.25) is 0 Å². The quantitative estimate of drug-likeness (QED) is 0.810. The third kappa shape index (κ3) is 2.79. The van der Waals surface area contributed by atoms with Crippen LogP contribution in [0.1, 0.15) is 24.2 Å². The number of carbonyl (C=O) groups excluding carboxylic acids is 2. The number of nitrogens with zero attached hydrogens (tertiary/aromatic N) is 1. The van der Waals surface area contributed by atoms with Crippen LogP contribution in [0, 0.1) is 0 Å². The molecule has 2 rings (SSSR count). The molecule has 0 N–H and O–H groups in total. The zero-order chi connectivity index (χ0) is 15.4. The van der Waals surface area contributed by atoms with Crippen molar-refractivity contribution in [3.05, 3.63) is 46.4 Å². The van der Waals surface area contributed by atoms with Crippen LogP contribution in [0.25, 0.3) is 10.8 Å². The molecule has 21 heavy (non-hydrogen) atoms. The predicted molar refractivity (Wildman–Crippen MR) is 76.6 cm³/mol. The van der Waals surface area contributed by atoms with Gasteiger partial charge in [0.05, 0.1) is 18.8 Å². The van der Waals surface area contributed by atoms with E-state index < -0.39 is 17.6 Å². The average molecular weight is 289 g/mol. The molecule has 0 unspecified atom stereocenters. The Morgan fingerprint density at radius 3 is 2.43 bits per heavy atom. The van der Waals surface area contributed by atoms with Crippen LogP contribution in [-0.4, -0.2) is 29.8 Å². The van der Waals surface area contributed by atoms with Crippen molar-refractivity contribution in [2.24, 2.45) is 0 Å². The van der Waals surface area contributed by atoms with Gasteiger partial charge in [-0.3, -0.25) is 4.79 Å². The predicted octanol–water partition coefficient (Wildman–Crippen LogP) is 2.18. The summed E-state index contributed by atoms with van der Waals surface area (Å²) in [6, 6.07) is 6.23. The van der Waals surface area contributed by atoms with E-state index in [9.17, 15) is 14.4 Å². The molecule has 0 radical (unpaired) electrons. The van der Waals surface area contributed by atoms with Gasteiger partial charge >= 0.3 is 12.1 Å². The molecule has 110 valence electrons. The van der Waals surface area contributed by atoms with Crippen LogP contribution in [-0.2, 0) is 9.47 Å². The lowest BCUT2D eigenvalue weighted by atomic mass is 10.1. The molecule has 0 spiro atoms. The number of fused-ring (bicyclic) bond motifs is 1. The molecule has 0 bridgehead atoms. The fourth-order valence-electron chi connectivity index (χ4n) is 2.00. The molecule has 0 aliphatic rings. The van der Waals surface area contributed by atoms with E-state index in [2.05, 4.69) is 0 Å². The molecule has 0 aliphatic heterocycles. The molecule has 6 nitrogen and oxygen atoms in total. The number of carbonyl (C=O) groups is 2. The highest BCUT2D eigenvalue weighted by molar-refractivity contribution is 6.04. The summed E-state index contributed by atoms with van der Waals surface area (Å²) in [5.41, 5.74) is -0.237. The maximum Gasteiger partial charge on any atom is 0.420 e. The average Bonchev–Trinajstić information content (AvgIpc) is 2.47. The Kier molecular flexibility index (Phi) is 4.37. The number of rotatable bonds is 3. The zero-order valence-corrected chi connectivity index (χ0v) is 11.8. The largest absolute Gasteiger partial charge is 0.462 e. The summed E-state index contributed by atoms with van der Waals surface area (Å²) in [7, 11) is 0. The number of esters is 1. The Hall–Kier alpha value is -2.63. The van der Waals surface area contributed by atoms with Crippen molar-refractivity contribution >= 4 is 22.8 Å². The minimum absolute atomic E-state index is 0.173. The van der Waals surface area contributed by atoms with E-state index in [1.54, 1.807) is 32.0 Å². The van der Waals surface area contributed by atoms with Gasteiger partial charge in [-0.05, 0) is 32.0 Å². The number of hydrogen-bond donors (Lipinski definition) is 0. The maximum absolute atomic E-state index is 12.3. The molecule has 1 aromatic carbocycles. The molecular weight excluding hydrogens is 274 g/mol. The molecule has 0 saturated carbocycles. The van der Waals surface area contributed by atoms with Crippen molar-refractivity contribution in [1.82, 2.24) is 4.57 Å². The van der Waals surface area contributed by atoms with Crippen LogP contribution in [0.4, 0.5) is 4.79 Å². The summed E-state index contributed by atoms with van der Waals surface area (Å²) in [5, 5.41) is 0.706. The third-order valence-corrected chi connectivity index (χ3v) is 2.91. The van der Waals surface area contributed by atoms with Crippen LogP contribution in [0.3, 0.4) is 0 Å². The van der Waals surface area contributed by atoms with Crippen LogP contribution >= 0.6 is 0 Å². The summed E-state index contributed by atoms with van der Waals surface area (Å²) in [6.45, 7) is 3.78. The van der Waals surface area contributed by atoms with Crippen molar-refractivity contribution < 1.29 is 19.1 Å². The van der Waals surface area contributed by atoms with Gasteiger partial charge in [-0.15, -0.1) is 0 Å². The highest BCUT2D eigenvalue weighted by Crippen LogP contribution is 2.16. The van der Waals surface area contributed by atoms with E-state index in [1.165, 1.54) is 12.3 Å². The Morgan fingerprint density at radius 1 is 1.05 bits per heavy atom. The molecule has 0 saturated heterocycles. The van der Waals surface area contributed by atoms with Gasteiger partial charge in [0, 0.05) is 17.0 Å². The molecule has 2 aromatic rings. The van der Waals surface area contributed by atoms with Crippen molar-refractivity contribution in [3.8, 4) is 0 Å². The highest BCUT2D eigenvalue weighted by Gasteiger charge is 2.15. The first-order valence-corrected chi connectivity index (χ1v) is 6.58. The maximum atomic E-state index is 12.3. The second kappa shape index (κ2) is 6.21. The Labute approximate surface area is 120 Å².